The Balaban J connectivity index is 2.43. The summed E-state index contributed by atoms with van der Waals surface area (Å²) in [6.07, 6.45) is 0. The van der Waals surface area contributed by atoms with Crippen LogP contribution in [0.5, 0.6) is 0 Å². The van der Waals surface area contributed by atoms with E-state index in [1.807, 2.05) is 30.3 Å². The zero-order valence-corrected chi connectivity index (χ0v) is 12.3. The fraction of sp³-hybridized carbons (Fsp3) is 0.467. The van der Waals surface area contributed by atoms with E-state index >= 15 is 0 Å². The van der Waals surface area contributed by atoms with Gasteiger partial charge in [0.15, 0.2) is 5.41 Å². The molecule has 21 heavy (non-hydrogen) atoms. The van der Waals surface area contributed by atoms with Gasteiger partial charge >= 0.3 is 5.97 Å². The van der Waals surface area contributed by atoms with Crippen molar-refractivity contribution in [3.05, 3.63) is 35.9 Å². The normalized spacial score (nSPS) is 27.2. The van der Waals surface area contributed by atoms with E-state index in [0.29, 0.717) is 0 Å². The summed E-state index contributed by atoms with van der Waals surface area (Å²) in [5, 5.41) is 10.7. The maximum absolute atomic E-state index is 12.5. The van der Waals surface area contributed by atoms with Crippen molar-refractivity contribution in [3.8, 4) is 0 Å². The van der Waals surface area contributed by atoms with E-state index < -0.39 is 29.1 Å². The lowest BCUT2D eigenvalue weighted by molar-refractivity contribution is -0.181. The van der Waals surface area contributed by atoms with E-state index in [-0.39, 0.29) is 6.61 Å². The van der Waals surface area contributed by atoms with Crippen LogP contribution in [0, 0.1) is 11.3 Å². The third-order valence-corrected chi connectivity index (χ3v) is 4.14. The van der Waals surface area contributed by atoms with Crippen molar-refractivity contribution in [1.82, 2.24) is 5.06 Å². The third-order valence-electron chi connectivity index (χ3n) is 4.14. The Kier molecular flexibility index (Phi) is 4.29. The van der Waals surface area contributed by atoms with Gasteiger partial charge in [-0.05, 0) is 5.56 Å². The van der Waals surface area contributed by atoms with Gasteiger partial charge in [0.2, 0.25) is 0 Å². The van der Waals surface area contributed by atoms with Crippen LogP contribution in [0.15, 0.2) is 30.3 Å². The summed E-state index contributed by atoms with van der Waals surface area (Å²) in [5.74, 6) is -2.53. The van der Waals surface area contributed by atoms with Gasteiger partial charge in [-0.25, -0.2) is 5.06 Å². The van der Waals surface area contributed by atoms with Crippen LogP contribution in [-0.4, -0.2) is 49.9 Å². The van der Waals surface area contributed by atoms with Gasteiger partial charge in [-0.15, -0.1) is 0 Å². The quantitative estimate of drug-likeness (QED) is 0.628. The van der Waals surface area contributed by atoms with Gasteiger partial charge in [-0.3, -0.25) is 14.4 Å². The number of ether oxygens (including phenoxy) is 1. The highest BCUT2D eigenvalue weighted by atomic mass is 16.7. The molecule has 0 saturated heterocycles. The van der Waals surface area contributed by atoms with Crippen LogP contribution in [0.4, 0.5) is 0 Å². The number of amides is 1. The van der Waals surface area contributed by atoms with Gasteiger partial charge in [0.25, 0.3) is 5.91 Å². The standard InChI is InChI=1S/C15H19NO5/c1-16(21-3)13(17)15(14(18)19)11(9-20-2)12(15)10-7-5-4-6-8-10/h4-8,11-12H,9H2,1-3H3,(H,18,19)/t11?,12-,15?/m0/s1. The number of hydroxylamine groups is 2. The van der Waals surface area contributed by atoms with Crippen LogP contribution in [0.1, 0.15) is 11.5 Å². The van der Waals surface area contributed by atoms with Crippen LogP contribution in [-0.2, 0) is 19.2 Å². The summed E-state index contributed by atoms with van der Waals surface area (Å²) < 4.78 is 5.11. The molecule has 0 aromatic heterocycles. The number of hydrogen-bond donors (Lipinski definition) is 1. The number of benzene rings is 1. The third kappa shape index (κ3) is 2.30. The van der Waals surface area contributed by atoms with Gasteiger partial charge in [0.05, 0.1) is 13.7 Å². The molecule has 1 aliphatic rings. The average Bonchev–Trinajstić information content (AvgIpc) is 3.16. The molecular weight excluding hydrogens is 274 g/mol. The molecule has 1 aromatic rings. The topological polar surface area (TPSA) is 76.1 Å². The molecule has 1 saturated carbocycles. The first-order valence-electron chi connectivity index (χ1n) is 6.61. The van der Waals surface area contributed by atoms with E-state index in [1.54, 1.807) is 0 Å². The number of carboxylic acid groups (broad SMARTS) is 1. The highest BCUT2D eigenvalue weighted by molar-refractivity contribution is 6.07. The SMILES string of the molecule is COCC1[C@H](c2ccccc2)C1(C(=O)O)C(=O)N(C)OC. The van der Waals surface area contributed by atoms with E-state index in [1.165, 1.54) is 21.3 Å². The Labute approximate surface area is 123 Å². The number of carboxylic acids is 1. The minimum absolute atomic E-state index is 0.204. The summed E-state index contributed by atoms with van der Waals surface area (Å²) >= 11 is 0. The molecule has 0 spiro atoms. The molecule has 0 radical (unpaired) electrons. The summed E-state index contributed by atoms with van der Waals surface area (Å²) in [4.78, 5) is 29.3. The van der Waals surface area contributed by atoms with Crippen LogP contribution < -0.4 is 0 Å². The van der Waals surface area contributed by atoms with Crippen LogP contribution in [0.25, 0.3) is 0 Å². The Morgan fingerprint density at radius 1 is 1.29 bits per heavy atom. The predicted octanol–water partition coefficient (Wildman–Crippen LogP) is 1.14. The van der Waals surface area contributed by atoms with Gasteiger partial charge in [0, 0.05) is 26.0 Å². The molecule has 114 valence electrons. The maximum Gasteiger partial charge on any atom is 0.320 e. The molecule has 1 aromatic carbocycles. The number of methoxy groups -OCH3 is 1. The lowest BCUT2D eigenvalue weighted by atomic mass is 9.97. The molecule has 6 heteroatoms. The van der Waals surface area contributed by atoms with Crippen molar-refractivity contribution in [3.63, 3.8) is 0 Å². The zero-order chi connectivity index (χ0) is 15.6. The van der Waals surface area contributed by atoms with Crippen LogP contribution >= 0.6 is 0 Å². The molecule has 0 bridgehead atoms. The number of rotatable bonds is 6. The summed E-state index contributed by atoms with van der Waals surface area (Å²) in [5.41, 5.74) is -0.706. The van der Waals surface area contributed by atoms with Crippen molar-refractivity contribution < 1.29 is 24.3 Å². The van der Waals surface area contributed by atoms with Crippen molar-refractivity contribution in [2.75, 3.05) is 27.9 Å². The summed E-state index contributed by atoms with van der Waals surface area (Å²) in [6.45, 7) is 0.204. The summed E-state index contributed by atoms with van der Waals surface area (Å²) in [7, 11) is 4.24. The predicted molar refractivity (Wildman–Crippen MR) is 74.4 cm³/mol. The number of carbonyl (C=O) groups excluding carboxylic acids is 1. The second-order valence-corrected chi connectivity index (χ2v) is 5.11. The second kappa shape index (κ2) is 5.83. The van der Waals surface area contributed by atoms with Crippen LogP contribution in [0.3, 0.4) is 0 Å². The number of hydrogen-bond acceptors (Lipinski definition) is 4. The van der Waals surface area contributed by atoms with E-state index in [0.717, 1.165) is 10.6 Å². The summed E-state index contributed by atoms with van der Waals surface area (Å²) in [6, 6.07) is 9.17. The lowest BCUT2D eigenvalue weighted by Gasteiger charge is -2.20. The number of carbonyl (C=O) groups is 2. The highest BCUT2D eigenvalue weighted by Crippen LogP contribution is 2.65. The number of aliphatic carboxylic acids is 1. The van der Waals surface area contributed by atoms with Crippen molar-refractivity contribution >= 4 is 11.9 Å². The monoisotopic (exact) mass is 293 g/mol. The molecule has 6 nitrogen and oxygen atoms in total. The van der Waals surface area contributed by atoms with E-state index in [4.69, 9.17) is 9.57 Å². The second-order valence-electron chi connectivity index (χ2n) is 5.11. The maximum atomic E-state index is 12.5. The molecule has 2 rings (SSSR count). The molecule has 1 N–H and O–H groups in total. The molecular formula is C15H19NO5. The first-order valence-corrected chi connectivity index (χ1v) is 6.61. The molecule has 0 aliphatic heterocycles. The Morgan fingerprint density at radius 2 is 1.90 bits per heavy atom. The molecule has 0 heterocycles. The Morgan fingerprint density at radius 3 is 2.38 bits per heavy atom. The molecule has 3 atom stereocenters. The van der Waals surface area contributed by atoms with Crippen molar-refractivity contribution in [1.29, 1.82) is 0 Å². The highest BCUT2D eigenvalue weighted by Gasteiger charge is 2.76. The van der Waals surface area contributed by atoms with Gasteiger partial charge in [0.1, 0.15) is 0 Å². The lowest BCUT2D eigenvalue weighted by Crippen LogP contribution is -2.40. The molecule has 1 aliphatic carbocycles. The van der Waals surface area contributed by atoms with Gasteiger partial charge in [-0.2, -0.15) is 0 Å². The van der Waals surface area contributed by atoms with Crippen molar-refractivity contribution in [2.24, 2.45) is 11.3 Å². The van der Waals surface area contributed by atoms with E-state index in [9.17, 15) is 14.7 Å². The van der Waals surface area contributed by atoms with E-state index in [2.05, 4.69) is 0 Å². The number of nitrogens with zero attached hydrogens (tertiary/aromatic N) is 1. The van der Waals surface area contributed by atoms with Gasteiger partial charge < -0.3 is 9.84 Å². The largest absolute Gasteiger partial charge is 0.480 e. The average molecular weight is 293 g/mol. The zero-order valence-electron chi connectivity index (χ0n) is 12.3. The Hall–Kier alpha value is -1.92. The first kappa shape index (κ1) is 15.5. The minimum atomic E-state index is -1.53. The fourth-order valence-corrected chi connectivity index (χ4v) is 3.04. The first-order chi connectivity index (χ1) is 10.0. The smallest absolute Gasteiger partial charge is 0.320 e. The molecule has 2 unspecified atom stereocenters. The Bertz CT molecular complexity index is 532. The molecule has 1 fully saturated rings. The van der Waals surface area contributed by atoms with Gasteiger partial charge in [-0.1, -0.05) is 30.3 Å². The molecule has 1 amide bonds. The van der Waals surface area contributed by atoms with Crippen LogP contribution in [0.2, 0.25) is 0 Å². The van der Waals surface area contributed by atoms with Crippen molar-refractivity contribution in [2.45, 2.75) is 5.92 Å². The minimum Gasteiger partial charge on any atom is -0.480 e. The fourth-order valence-electron chi connectivity index (χ4n) is 3.04.